The average Bonchev–Trinajstić information content (AvgIpc) is 3.36. The lowest BCUT2D eigenvalue weighted by atomic mass is 9.78. The maximum absolute atomic E-state index is 14.5. The zero-order valence-corrected chi connectivity index (χ0v) is 41.2. The maximum atomic E-state index is 14.5. The third kappa shape index (κ3) is 17.7. The smallest absolute Gasteiger partial charge is 0.201 e. The van der Waals surface area contributed by atoms with Crippen LogP contribution >= 0.6 is 0 Å². The summed E-state index contributed by atoms with van der Waals surface area (Å²) < 4.78 is 68.4. The molecule has 4 aromatic rings. The fraction of sp³-hybridized carbons (Fsp3) is 0.541. The molecule has 0 bridgehead atoms. The molecule has 0 spiro atoms. The molecule has 0 aromatic heterocycles. The van der Waals surface area contributed by atoms with E-state index in [9.17, 15) is 17.6 Å². The first-order chi connectivity index (χ1) is 32.7. The number of hydrogen-bond acceptors (Lipinski definition) is 2. The number of aryl methyl sites for hydroxylation is 2. The Morgan fingerprint density at radius 2 is 0.761 bits per heavy atom. The second-order valence-corrected chi connectivity index (χ2v) is 19.0. The van der Waals surface area contributed by atoms with E-state index in [0.717, 1.165) is 89.9 Å². The first kappa shape index (κ1) is 53.3. The van der Waals surface area contributed by atoms with Crippen LogP contribution in [0.3, 0.4) is 0 Å². The molecule has 0 unspecified atom stereocenters. The van der Waals surface area contributed by atoms with Crippen LogP contribution < -0.4 is 9.47 Å². The van der Waals surface area contributed by atoms with Gasteiger partial charge in [-0.05, 0) is 148 Å². The summed E-state index contributed by atoms with van der Waals surface area (Å²) in [6, 6.07) is 24.4. The lowest BCUT2D eigenvalue weighted by molar-refractivity contribution is 0.286. The quantitative estimate of drug-likeness (QED) is 0.0471. The molecule has 0 amide bonds. The van der Waals surface area contributed by atoms with Gasteiger partial charge in [-0.1, -0.05) is 158 Å². The number of hydrogen-bond donors (Lipinski definition) is 0. The van der Waals surface area contributed by atoms with Gasteiger partial charge in [0, 0.05) is 11.8 Å². The van der Waals surface area contributed by atoms with E-state index in [0.29, 0.717) is 25.0 Å². The standard InChI is InChI=1S/C31H40F2O.C30H38F2O/c1-3-5-7-8-10-24-11-16-26(17-12-24)27-18-13-25(14-19-27)15-20-28-21-22-29(31(33)30(28)32)34-23-9-6-4-2;1-3-5-7-9-23-10-15-25(16-11-23)26-17-12-24(13-18-26)14-19-27-20-21-28(30(32)29(27)31)33-22-8-6-4-2/h11-12,16-17,21-22,25,27H,3-10,13-14,18-19,23H2,1-2H3;10-11,15-16,20-21,24,26H,3-9,12-13,17-18,22H2,1-2H3. The summed E-state index contributed by atoms with van der Waals surface area (Å²) in [5, 5.41) is 0. The molecule has 0 aliphatic heterocycles. The van der Waals surface area contributed by atoms with Gasteiger partial charge >= 0.3 is 0 Å². The van der Waals surface area contributed by atoms with Crippen LogP contribution in [0.2, 0.25) is 0 Å². The SMILES string of the molecule is CCCCCCc1ccc(C2CCC(C#Cc3ccc(OCCCCC)c(F)c3F)CC2)cc1.CCCCCOc1ccc(C#CC2CCC(c3ccc(CCCCC)cc3)CC2)c(F)c1F. The molecule has 0 radical (unpaired) electrons. The van der Waals surface area contributed by atoms with Crippen LogP contribution in [0.4, 0.5) is 17.6 Å². The van der Waals surface area contributed by atoms with Crippen molar-refractivity contribution in [3.8, 4) is 35.2 Å². The number of halogens is 4. The monoisotopic (exact) mass is 919 g/mol. The lowest BCUT2D eigenvalue weighted by Crippen LogP contribution is -2.12. The van der Waals surface area contributed by atoms with Crippen molar-refractivity contribution in [3.63, 3.8) is 0 Å². The van der Waals surface area contributed by atoms with Gasteiger partial charge in [0.25, 0.3) is 0 Å². The Balaban J connectivity index is 0.000000251. The molecule has 0 N–H and O–H groups in total. The van der Waals surface area contributed by atoms with Gasteiger partial charge < -0.3 is 9.47 Å². The highest BCUT2D eigenvalue weighted by molar-refractivity contribution is 5.42. The van der Waals surface area contributed by atoms with Crippen molar-refractivity contribution in [1.82, 2.24) is 0 Å². The molecule has 0 heterocycles. The molecular weight excluding hydrogens is 841 g/mol. The summed E-state index contributed by atoms with van der Waals surface area (Å²) in [6.07, 6.45) is 25.5. The lowest BCUT2D eigenvalue weighted by Gasteiger charge is -2.26. The average molecular weight is 919 g/mol. The molecule has 362 valence electrons. The van der Waals surface area contributed by atoms with Crippen LogP contribution in [-0.2, 0) is 12.8 Å². The number of benzene rings is 4. The van der Waals surface area contributed by atoms with Gasteiger partial charge in [0.15, 0.2) is 23.1 Å². The summed E-state index contributed by atoms with van der Waals surface area (Å²) in [5.41, 5.74) is 5.95. The van der Waals surface area contributed by atoms with Crippen molar-refractivity contribution < 1.29 is 27.0 Å². The Morgan fingerprint density at radius 3 is 1.15 bits per heavy atom. The Morgan fingerprint density at radius 1 is 0.403 bits per heavy atom. The topological polar surface area (TPSA) is 18.5 Å². The molecule has 2 nitrogen and oxygen atoms in total. The van der Waals surface area contributed by atoms with Crippen molar-refractivity contribution in [2.24, 2.45) is 11.8 Å². The molecule has 4 aromatic carbocycles. The molecule has 2 aliphatic carbocycles. The highest BCUT2D eigenvalue weighted by Gasteiger charge is 2.23. The van der Waals surface area contributed by atoms with Gasteiger partial charge in [0.05, 0.1) is 24.3 Å². The van der Waals surface area contributed by atoms with E-state index in [1.807, 2.05) is 0 Å². The van der Waals surface area contributed by atoms with Crippen LogP contribution in [0.15, 0.2) is 72.8 Å². The molecule has 2 saturated carbocycles. The van der Waals surface area contributed by atoms with Crippen molar-refractivity contribution in [2.75, 3.05) is 13.2 Å². The van der Waals surface area contributed by atoms with Crippen molar-refractivity contribution in [3.05, 3.63) is 129 Å². The largest absolute Gasteiger partial charge is 0.490 e. The minimum Gasteiger partial charge on any atom is -0.490 e. The van der Waals surface area contributed by atoms with Crippen molar-refractivity contribution in [2.45, 2.75) is 187 Å². The second kappa shape index (κ2) is 29.9. The van der Waals surface area contributed by atoms with E-state index in [1.165, 1.54) is 104 Å². The molecule has 6 heteroatoms. The molecule has 6 rings (SSSR count). The van der Waals surface area contributed by atoms with E-state index in [1.54, 1.807) is 0 Å². The molecule has 2 fully saturated rings. The third-order valence-corrected chi connectivity index (χ3v) is 13.7. The van der Waals surface area contributed by atoms with Crippen LogP contribution in [0.5, 0.6) is 11.5 Å². The van der Waals surface area contributed by atoms with Gasteiger partial charge in [-0.15, -0.1) is 0 Å². The van der Waals surface area contributed by atoms with Crippen LogP contribution in [0.1, 0.15) is 208 Å². The summed E-state index contributed by atoms with van der Waals surface area (Å²) >= 11 is 0. The Hall–Kier alpha value is -4.68. The minimum absolute atomic E-state index is 0.0216. The summed E-state index contributed by atoms with van der Waals surface area (Å²) in [5.74, 6) is 10.1. The molecule has 67 heavy (non-hydrogen) atoms. The highest BCUT2D eigenvalue weighted by atomic mass is 19.2. The molecule has 0 saturated heterocycles. The highest BCUT2D eigenvalue weighted by Crippen LogP contribution is 2.37. The van der Waals surface area contributed by atoms with E-state index < -0.39 is 23.3 Å². The number of unbranched alkanes of at least 4 members (excludes halogenated alkanes) is 9. The predicted molar refractivity (Wildman–Crippen MR) is 270 cm³/mol. The number of rotatable bonds is 21. The second-order valence-electron chi connectivity index (χ2n) is 19.0. The van der Waals surface area contributed by atoms with E-state index in [2.05, 4.69) is 99.9 Å². The maximum Gasteiger partial charge on any atom is 0.201 e. The summed E-state index contributed by atoms with van der Waals surface area (Å²) in [4.78, 5) is 0. The Kier molecular flexibility index (Phi) is 23.8. The zero-order valence-electron chi connectivity index (χ0n) is 41.2. The Bertz CT molecular complexity index is 2160. The first-order valence-electron chi connectivity index (χ1n) is 26.2. The van der Waals surface area contributed by atoms with Gasteiger partial charge in [0.1, 0.15) is 0 Å². The van der Waals surface area contributed by atoms with Gasteiger partial charge in [-0.2, -0.15) is 8.78 Å². The van der Waals surface area contributed by atoms with Gasteiger partial charge in [0.2, 0.25) is 11.6 Å². The van der Waals surface area contributed by atoms with Crippen LogP contribution in [0, 0.1) is 58.8 Å². The minimum atomic E-state index is -0.930. The normalized spacial score (nSPS) is 17.9. The molecular formula is C61H78F4O2. The fourth-order valence-corrected chi connectivity index (χ4v) is 9.30. The van der Waals surface area contributed by atoms with E-state index in [4.69, 9.17) is 9.47 Å². The zero-order chi connectivity index (χ0) is 47.6. The van der Waals surface area contributed by atoms with Crippen LogP contribution in [-0.4, -0.2) is 13.2 Å². The summed E-state index contributed by atoms with van der Waals surface area (Å²) in [6.45, 7) is 9.47. The van der Waals surface area contributed by atoms with Crippen molar-refractivity contribution >= 4 is 0 Å². The van der Waals surface area contributed by atoms with Crippen LogP contribution in [0.25, 0.3) is 0 Å². The van der Waals surface area contributed by atoms with Gasteiger partial charge in [-0.3, -0.25) is 0 Å². The number of ether oxygens (including phenoxy) is 2. The third-order valence-electron chi connectivity index (χ3n) is 13.7. The molecule has 2 aliphatic rings. The predicted octanol–water partition coefficient (Wildman–Crippen LogP) is 17.6. The van der Waals surface area contributed by atoms with Gasteiger partial charge in [-0.25, -0.2) is 8.78 Å². The first-order valence-corrected chi connectivity index (χ1v) is 26.2. The summed E-state index contributed by atoms with van der Waals surface area (Å²) in [7, 11) is 0. The fourth-order valence-electron chi connectivity index (χ4n) is 9.30. The van der Waals surface area contributed by atoms with E-state index >= 15 is 0 Å². The van der Waals surface area contributed by atoms with E-state index in [-0.39, 0.29) is 34.5 Å². The Labute approximate surface area is 402 Å². The molecule has 0 atom stereocenters. The van der Waals surface area contributed by atoms with Crippen molar-refractivity contribution in [1.29, 1.82) is 0 Å².